The van der Waals surface area contributed by atoms with Crippen molar-refractivity contribution in [3.63, 3.8) is 0 Å². The van der Waals surface area contributed by atoms with Crippen LogP contribution in [0.15, 0.2) is 82.6 Å². The van der Waals surface area contributed by atoms with E-state index in [0.717, 1.165) is 25.7 Å². The fourth-order valence-corrected chi connectivity index (χ4v) is 6.58. The number of carbonyl (C=O) groups excluding carboxylic acids is 1. The largest absolute Gasteiger partial charge is 0.497 e. The van der Waals surface area contributed by atoms with Crippen molar-refractivity contribution in [2.24, 2.45) is 0 Å². The molecule has 0 aliphatic carbocycles. The lowest BCUT2D eigenvalue weighted by Gasteiger charge is -2.20. The molecule has 196 valence electrons. The molecule has 2 N–H and O–H groups in total. The first-order valence-corrected chi connectivity index (χ1v) is 14.8. The first-order chi connectivity index (χ1) is 17.7. The Labute approximate surface area is 217 Å². The van der Waals surface area contributed by atoms with Crippen molar-refractivity contribution in [1.29, 1.82) is 0 Å². The average Bonchev–Trinajstić information content (AvgIpc) is 3.20. The molecule has 1 aliphatic rings. The van der Waals surface area contributed by atoms with Crippen molar-refractivity contribution in [3.05, 3.63) is 78.4 Å². The fourth-order valence-electron chi connectivity index (χ4n) is 4.00. The summed E-state index contributed by atoms with van der Waals surface area (Å²) >= 11 is 0. The van der Waals surface area contributed by atoms with Crippen LogP contribution in [0.4, 0.5) is 11.4 Å². The highest BCUT2D eigenvalue weighted by Gasteiger charge is 2.25. The van der Waals surface area contributed by atoms with E-state index >= 15 is 0 Å². The molecule has 0 bridgehead atoms. The minimum Gasteiger partial charge on any atom is -0.497 e. The van der Waals surface area contributed by atoms with Gasteiger partial charge in [0.1, 0.15) is 5.75 Å². The Morgan fingerprint density at radius 2 is 1.27 bits per heavy atom. The van der Waals surface area contributed by atoms with E-state index in [-0.39, 0.29) is 15.4 Å². The van der Waals surface area contributed by atoms with E-state index in [1.54, 1.807) is 24.3 Å². The Morgan fingerprint density at radius 3 is 1.84 bits per heavy atom. The Balaban J connectivity index is 1.40. The van der Waals surface area contributed by atoms with Gasteiger partial charge in [0, 0.05) is 30.0 Å². The molecule has 1 saturated heterocycles. The second kappa shape index (κ2) is 11.3. The molecule has 1 fully saturated rings. The molecule has 1 heterocycles. The Hall–Kier alpha value is -3.41. The zero-order chi connectivity index (χ0) is 26.5. The number of amides is 1. The second-order valence-electron chi connectivity index (χ2n) is 8.66. The summed E-state index contributed by atoms with van der Waals surface area (Å²) in [5, 5.41) is 2.70. The third-order valence-corrected chi connectivity index (χ3v) is 9.39. The van der Waals surface area contributed by atoms with E-state index in [0.29, 0.717) is 30.2 Å². The average molecular weight is 544 g/mol. The smallest absolute Gasteiger partial charge is 0.261 e. The van der Waals surface area contributed by atoms with E-state index in [1.165, 1.54) is 59.9 Å². The molecular weight excluding hydrogens is 514 g/mol. The number of methoxy groups -OCH3 is 1. The molecule has 0 atom stereocenters. The lowest BCUT2D eigenvalue weighted by atomic mass is 10.2. The van der Waals surface area contributed by atoms with Gasteiger partial charge in [0.15, 0.2) is 0 Å². The highest BCUT2D eigenvalue weighted by atomic mass is 32.2. The van der Waals surface area contributed by atoms with Gasteiger partial charge in [0.05, 0.1) is 16.9 Å². The molecule has 0 aromatic heterocycles. The van der Waals surface area contributed by atoms with Crippen LogP contribution in [-0.4, -0.2) is 47.2 Å². The van der Waals surface area contributed by atoms with Gasteiger partial charge in [0.2, 0.25) is 10.0 Å². The van der Waals surface area contributed by atoms with Crippen molar-refractivity contribution in [3.8, 4) is 5.75 Å². The number of ether oxygens (including phenoxy) is 1. The monoisotopic (exact) mass is 543 g/mol. The summed E-state index contributed by atoms with van der Waals surface area (Å²) in [4.78, 5) is 12.9. The van der Waals surface area contributed by atoms with Crippen LogP contribution in [-0.2, 0) is 20.0 Å². The van der Waals surface area contributed by atoms with Crippen molar-refractivity contribution < 1.29 is 26.4 Å². The van der Waals surface area contributed by atoms with Gasteiger partial charge in [-0.3, -0.25) is 9.52 Å². The minimum absolute atomic E-state index is 0.0318. The summed E-state index contributed by atoms with van der Waals surface area (Å²) in [5.41, 5.74) is 1.07. The number of hydrogen-bond donors (Lipinski definition) is 2. The molecule has 0 saturated carbocycles. The molecule has 11 heteroatoms. The highest BCUT2D eigenvalue weighted by Crippen LogP contribution is 2.23. The van der Waals surface area contributed by atoms with Crippen LogP contribution >= 0.6 is 0 Å². The maximum absolute atomic E-state index is 12.9. The number of anilines is 2. The summed E-state index contributed by atoms with van der Waals surface area (Å²) in [5.74, 6) is 0.169. The Morgan fingerprint density at radius 1 is 0.730 bits per heavy atom. The summed E-state index contributed by atoms with van der Waals surface area (Å²) < 4.78 is 60.3. The topological polar surface area (TPSA) is 122 Å². The van der Waals surface area contributed by atoms with Gasteiger partial charge in [0.25, 0.3) is 15.9 Å². The number of hydrogen-bond acceptors (Lipinski definition) is 6. The van der Waals surface area contributed by atoms with Gasteiger partial charge >= 0.3 is 0 Å². The second-order valence-corrected chi connectivity index (χ2v) is 12.3. The van der Waals surface area contributed by atoms with Crippen molar-refractivity contribution in [1.82, 2.24) is 4.31 Å². The third kappa shape index (κ3) is 6.48. The van der Waals surface area contributed by atoms with Crippen LogP contribution in [0.3, 0.4) is 0 Å². The molecule has 0 spiro atoms. The van der Waals surface area contributed by atoms with Gasteiger partial charge in [-0.2, -0.15) is 4.31 Å². The Bertz CT molecular complexity index is 1430. The van der Waals surface area contributed by atoms with E-state index in [1.807, 2.05) is 0 Å². The molecule has 1 aliphatic heterocycles. The third-order valence-electron chi connectivity index (χ3n) is 6.08. The standard InChI is InChI=1S/C26H29N3O6S2/c1-35-23-12-8-22(9-13-23)28-36(31,32)24-16-10-21(11-17-24)27-26(30)20-6-14-25(15-7-20)37(33,34)29-18-4-2-3-5-19-29/h6-17,28H,2-5,18-19H2,1H3,(H,27,30). The predicted octanol–water partition coefficient (Wildman–Crippen LogP) is 4.31. The van der Waals surface area contributed by atoms with Gasteiger partial charge in [-0.1, -0.05) is 12.8 Å². The van der Waals surface area contributed by atoms with Gasteiger partial charge in [-0.15, -0.1) is 0 Å². The zero-order valence-electron chi connectivity index (χ0n) is 20.4. The van der Waals surface area contributed by atoms with Crippen LogP contribution in [0.25, 0.3) is 0 Å². The van der Waals surface area contributed by atoms with Gasteiger partial charge < -0.3 is 10.1 Å². The van der Waals surface area contributed by atoms with Crippen molar-refractivity contribution in [2.75, 3.05) is 30.2 Å². The van der Waals surface area contributed by atoms with Gasteiger partial charge in [-0.05, 0) is 85.6 Å². The van der Waals surface area contributed by atoms with Crippen LogP contribution in [0.5, 0.6) is 5.75 Å². The summed E-state index contributed by atoms with van der Waals surface area (Å²) in [7, 11) is -5.90. The summed E-state index contributed by atoms with van der Waals surface area (Å²) in [6, 6.07) is 18.0. The summed E-state index contributed by atoms with van der Waals surface area (Å²) in [6.45, 7) is 1.01. The number of benzene rings is 3. The van der Waals surface area contributed by atoms with Crippen LogP contribution < -0.4 is 14.8 Å². The molecule has 0 radical (unpaired) electrons. The number of rotatable bonds is 8. The van der Waals surface area contributed by atoms with Crippen LogP contribution in [0, 0.1) is 0 Å². The molecule has 37 heavy (non-hydrogen) atoms. The van der Waals surface area contributed by atoms with E-state index in [2.05, 4.69) is 10.0 Å². The number of nitrogens with zero attached hydrogens (tertiary/aromatic N) is 1. The minimum atomic E-state index is -3.83. The lowest BCUT2D eigenvalue weighted by molar-refractivity contribution is 0.102. The van der Waals surface area contributed by atoms with Gasteiger partial charge in [-0.25, -0.2) is 16.8 Å². The number of carbonyl (C=O) groups is 1. The molecule has 1 amide bonds. The van der Waals surface area contributed by atoms with Crippen molar-refractivity contribution >= 4 is 37.3 Å². The predicted molar refractivity (Wildman–Crippen MR) is 142 cm³/mol. The fraction of sp³-hybridized carbons (Fsp3) is 0.269. The maximum atomic E-state index is 12.9. The number of nitrogens with one attached hydrogen (secondary N) is 2. The Kier molecular flexibility index (Phi) is 8.16. The van der Waals surface area contributed by atoms with Crippen LogP contribution in [0.1, 0.15) is 36.0 Å². The van der Waals surface area contributed by atoms with E-state index < -0.39 is 26.0 Å². The molecule has 3 aromatic rings. The normalized spacial score (nSPS) is 14.9. The first-order valence-electron chi connectivity index (χ1n) is 11.9. The molecular formula is C26H29N3O6S2. The van der Waals surface area contributed by atoms with E-state index in [4.69, 9.17) is 4.74 Å². The molecule has 3 aromatic carbocycles. The maximum Gasteiger partial charge on any atom is 0.261 e. The summed E-state index contributed by atoms with van der Waals surface area (Å²) in [6.07, 6.45) is 3.74. The zero-order valence-corrected chi connectivity index (χ0v) is 22.0. The van der Waals surface area contributed by atoms with Crippen molar-refractivity contribution in [2.45, 2.75) is 35.5 Å². The molecule has 9 nitrogen and oxygen atoms in total. The lowest BCUT2D eigenvalue weighted by Crippen LogP contribution is -2.31. The first kappa shape index (κ1) is 26.6. The molecule has 4 rings (SSSR count). The SMILES string of the molecule is COc1ccc(NS(=O)(=O)c2ccc(NC(=O)c3ccc(S(=O)(=O)N4CCCCCC4)cc3)cc2)cc1. The quantitative estimate of drug-likeness (QED) is 0.437. The number of sulfonamides is 2. The molecule has 0 unspecified atom stereocenters. The van der Waals surface area contributed by atoms with Crippen LogP contribution in [0.2, 0.25) is 0 Å². The highest BCUT2D eigenvalue weighted by molar-refractivity contribution is 7.92. The van der Waals surface area contributed by atoms with E-state index in [9.17, 15) is 21.6 Å².